The molecule has 8 heteroatoms. The number of ether oxygens (including phenoxy) is 1. The summed E-state index contributed by atoms with van der Waals surface area (Å²) in [4.78, 5) is 11.6. The van der Waals surface area contributed by atoms with Crippen LogP contribution in [0, 0.1) is 11.7 Å². The summed E-state index contributed by atoms with van der Waals surface area (Å²) in [7, 11) is 0. The van der Waals surface area contributed by atoms with Gasteiger partial charge in [0, 0.05) is 18.3 Å². The molecule has 0 saturated carbocycles. The van der Waals surface area contributed by atoms with Gasteiger partial charge in [-0.3, -0.25) is 0 Å². The number of anilines is 1. The van der Waals surface area contributed by atoms with E-state index in [4.69, 9.17) is 0 Å². The second kappa shape index (κ2) is 8.47. The molecule has 0 saturated heterocycles. The fourth-order valence-corrected chi connectivity index (χ4v) is 1.88. The Morgan fingerprint density at radius 3 is 2.59 bits per heavy atom. The smallest absolute Gasteiger partial charge is 0.387 e. The number of aliphatic hydroxyl groups excluding tert-OH is 1. The van der Waals surface area contributed by atoms with Crippen molar-refractivity contribution in [2.45, 2.75) is 33.0 Å². The molecule has 0 radical (unpaired) electrons. The largest absolute Gasteiger partial charge is 0.432 e. The second-order valence-electron chi connectivity index (χ2n) is 5.05. The van der Waals surface area contributed by atoms with Crippen LogP contribution in [-0.4, -0.2) is 30.4 Å². The van der Waals surface area contributed by atoms with Crippen LogP contribution in [0.2, 0.25) is 0 Å². The Bertz CT molecular complexity index is 498. The molecule has 3 N–H and O–H groups in total. The number of benzene rings is 1. The Hall–Kier alpha value is -1.96. The van der Waals surface area contributed by atoms with E-state index in [1.807, 2.05) is 6.92 Å². The van der Waals surface area contributed by atoms with Crippen molar-refractivity contribution in [3.8, 4) is 5.75 Å². The number of alkyl halides is 2. The van der Waals surface area contributed by atoms with Gasteiger partial charge in [-0.05, 0) is 31.4 Å². The summed E-state index contributed by atoms with van der Waals surface area (Å²) < 4.78 is 41.4. The lowest BCUT2D eigenvalue weighted by molar-refractivity contribution is -0.0521. The van der Waals surface area contributed by atoms with Crippen molar-refractivity contribution in [1.29, 1.82) is 0 Å². The molecule has 0 aliphatic rings. The maximum absolute atomic E-state index is 13.5. The van der Waals surface area contributed by atoms with Gasteiger partial charge in [0.25, 0.3) is 0 Å². The molecule has 0 fully saturated rings. The van der Waals surface area contributed by atoms with Gasteiger partial charge in [-0.25, -0.2) is 9.18 Å². The fourth-order valence-electron chi connectivity index (χ4n) is 1.88. The van der Waals surface area contributed by atoms with Crippen molar-refractivity contribution in [1.82, 2.24) is 5.32 Å². The zero-order chi connectivity index (χ0) is 16.7. The number of aliphatic hydroxyl groups is 1. The number of halogens is 3. The fraction of sp³-hybridized carbons (Fsp3) is 0.500. The van der Waals surface area contributed by atoms with Crippen molar-refractivity contribution in [2.75, 3.05) is 11.9 Å². The van der Waals surface area contributed by atoms with E-state index in [2.05, 4.69) is 15.4 Å². The Labute approximate surface area is 126 Å². The number of carbonyl (C=O) groups is 1. The number of amides is 2. The number of rotatable bonds is 7. The highest BCUT2D eigenvalue weighted by atomic mass is 19.3. The number of urea groups is 1. The molecular weight excluding hydrogens is 301 g/mol. The van der Waals surface area contributed by atoms with E-state index in [0.717, 1.165) is 12.1 Å². The van der Waals surface area contributed by atoms with Crippen LogP contribution < -0.4 is 15.4 Å². The van der Waals surface area contributed by atoms with E-state index in [0.29, 0.717) is 13.0 Å². The first-order chi connectivity index (χ1) is 10.3. The van der Waals surface area contributed by atoms with Crippen LogP contribution in [0.25, 0.3) is 0 Å². The predicted octanol–water partition coefficient (Wildman–Crippen LogP) is 2.96. The zero-order valence-corrected chi connectivity index (χ0v) is 12.3. The van der Waals surface area contributed by atoms with E-state index in [1.54, 1.807) is 6.92 Å². The summed E-state index contributed by atoms with van der Waals surface area (Å²) >= 11 is 0. The lowest BCUT2D eigenvalue weighted by Crippen LogP contribution is -2.33. The Kier molecular flexibility index (Phi) is 6.97. The molecule has 0 bridgehead atoms. The molecule has 0 spiro atoms. The minimum atomic E-state index is -3.12. The summed E-state index contributed by atoms with van der Waals surface area (Å²) in [5.41, 5.74) is 0.111. The molecule has 0 aliphatic carbocycles. The van der Waals surface area contributed by atoms with Gasteiger partial charge in [0.15, 0.2) is 11.6 Å². The van der Waals surface area contributed by atoms with E-state index in [9.17, 15) is 23.1 Å². The van der Waals surface area contributed by atoms with E-state index < -0.39 is 30.3 Å². The summed E-state index contributed by atoms with van der Waals surface area (Å²) in [6, 6.07) is 2.59. The maximum Gasteiger partial charge on any atom is 0.387 e. The van der Waals surface area contributed by atoms with Gasteiger partial charge in [0.1, 0.15) is 0 Å². The third-order valence-electron chi connectivity index (χ3n) is 2.76. The molecule has 2 atom stereocenters. The van der Waals surface area contributed by atoms with Crippen LogP contribution in [-0.2, 0) is 0 Å². The first-order valence-corrected chi connectivity index (χ1v) is 6.75. The predicted molar refractivity (Wildman–Crippen MR) is 75.5 cm³/mol. The normalized spacial score (nSPS) is 13.6. The van der Waals surface area contributed by atoms with E-state index >= 15 is 0 Å². The van der Waals surface area contributed by atoms with Crippen molar-refractivity contribution < 1.29 is 27.8 Å². The molecule has 124 valence electrons. The second-order valence-corrected chi connectivity index (χ2v) is 5.05. The first-order valence-electron chi connectivity index (χ1n) is 6.75. The summed E-state index contributed by atoms with van der Waals surface area (Å²) in [6.45, 7) is 0.740. The molecule has 2 unspecified atom stereocenters. The van der Waals surface area contributed by atoms with Crippen LogP contribution in [0.5, 0.6) is 5.75 Å². The van der Waals surface area contributed by atoms with Crippen molar-refractivity contribution in [3.63, 3.8) is 0 Å². The van der Waals surface area contributed by atoms with Crippen LogP contribution in [0.4, 0.5) is 23.7 Å². The van der Waals surface area contributed by atoms with Crippen LogP contribution in [0.3, 0.4) is 0 Å². The SMILES string of the molecule is CC(O)CC(C)CNC(=O)Nc1ccc(OC(F)F)c(F)c1. The highest BCUT2D eigenvalue weighted by molar-refractivity contribution is 5.89. The molecule has 1 rings (SSSR count). The lowest BCUT2D eigenvalue weighted by Gasteiger charge is -2.15. The molecule has 5 nitrogen and oxygen atoms in total. The number of carbonyl (C=O) groups excluding carboxylic acids is 1. The average Bonchev–Trinajstić information content (AvgIpc) is 2.38. The summed E-state index contributed by atoms with van der Waals surface area (Å²) in [5.74, 6) is -1.52. The monoisotopic (exact) mass is 320 g/mol. The quantitative estimate of drug-likeness (QED) is 0.723. The van der Waals surface area contributed by atoms with Crippen molar-refractivity contribution >= 4 is 11.7 Å². The maximum atomic E-state index is 13.5. The zero-order valence-electron chi connectivity index (χ0n) is 12.3. The van der Waals surface area contributed by atoms with Gasteiger partial charge in [-0.15, -0.1) is 0 Å². The Morgan fingerprint density at radius 1 is 1.36 bits per heavy atom. The van der Waals surface area contributed by atoms with Gasteiger partial charge in [-0.2, -0.15) is 8.78 Å². The van der Waals surface area contributed by atoms with E-state index in [-0.39, 0.29) is 11.6 Å². The molecular formula is C14H19F3N2O3. The Morgan fingerprint density at radius 2 is 2.05 bits per heavy atom. The minimum Gasteiger partial charge on any atom is -0.432 e. The Balaban J connectivity index is 2.49. The number of nitrogens with one attached hydrogen (secondary N) is 2. The molecule has 1 aromatic carbocycles. The van der Waals surface area contributed by atoms with Crippen molar-refractivity contribution in [3.05, 3.63) is 24.0 Å². The molecule has 0 heterocycles. The molecule has 0 aliphatic heterocycles. The average molecular weight is 320 g/mol. The molecule has 1 aromatic rings. The van der Waals surface area contributed by atoms with Gasteiger partial charge in [0.05, 0.1) is 6.10 Å². The number of hydrogen-bond donors (Lipinski definition) is 3. The van der Waals surface area contributed by atoms with Gasteiger partial charge in [-0.1, -0.05) is 6.92 Å². The van der Waals surface area contributed by atoms with Crippen molar-refractivity contribution in [2.24, 2.45) is 5.92 Å². The summed E-state index contributed by atoms with van der Waals surface area (Å²) in [5, 5.41) is 14.2. The van der Waals surface area contributed by atoms with Gasteiger partial charge >= 0.3 is 12.6 Å². The van der Waals surface area contributed by atoms with Crippen LogP contribution in [0.15, 0.2) is 18.2 Å². The minimum absolute atomic E-state index is 0.0734. The third kappa shape index (κ3) is 6.66. The number of hydrogen-bond acceptors (Lipinski definition) is 3. The first kappa shape index (κ1) is 18.1. The topological polar surface area (TPSA) is 70.6 Å². The van der Waals surface area contributed by atoms with Crippen LogP contribution >= 0.6 is 0 Å². The highest BCUT2D eigenvalue weighted by Crippen LogP contribution is 2.22. The highest BCUT2D eigenvalue weighted by Gasteiger charge is 2.12. The van der Waals surface area contributed by atoms with Crippen LogP contribution in [0.1, 0.15) is 20.3 Å². The molecule has 0 aromatic heterocycles. The third-order valence-corrected chi connectivity index (χ3v) is 2.76. The lowest BCUT2D eigenvalue weighted by atomic mass is 10.1. The standard InChI is InChI=1S/C14H19F3N2O3/c1-8(5-9(2)20)7-18-14(21)19-10-3-4-12(11(15)6-10)22-13(16)17/h3-4,6,8-9,13,20H,5,7H2,1-2H3,(H2,18,19,21). The molecule has 22 heavy (non-hydrogen) atoms. The molecule has 2 amide bonds. The van der Waals surface area contributed by atoms with Gasteiger partial charge < -0.3 is 20.5 Å². The van der Waals surface area contributed by atoms with E-state index in [1.165, 1.54) is 6.07 Å². The summed E-state index contributed by atoms with van der Waals surface area (Å²) in [6.07, 6.45) is 0.0746. The van der Waals surface area contributed by atoms with Gasteiger partial charge in [0.2, 0.25) is 0 Å².